The van der Waals surface area contributed by atoms with Gasteiger partial charge in [0.1, 0.15) is 31.0 Å². The van der Waals surface area contributed by atoms with Crippen molar-refractivity contribution < 1.29 is 33.6 Å². The summed E-state index contributed by atoms with van der Waals surface area (Å²) in [6, 6.07) is 19.2. The monoisotopic (exact) mass is 442 g/mol. The minimum atomic E-state index is -1.08. The summed E-state index contributed by atoms with van der Waals surface area (Å²) < 4.78 is 29.0. The number of aliphatic hydroxyl groups excluding tert-OH is 1. The second-order valence-electron chi connectivity index (χ2n) is 7.48. The first-order valence-electron chi connectivity index (χ1n) is 10.6. The van der Waals surface area contributed by atoms with Gasteiger partial charge in [-0.25, -0.2) is 0 Å². The fourth-order valence-electron chi connectivity index (χ4n) is 3.44. The van der Waals surface area contributed by atoms with Crippen molar-refractivity contribution in [1.82, 2.24) is 0 Å². The third-order valence-electron chi connectivity index (χ3n) is 5.02. The van der Waals surface area contributed by atoms with Crippen LogP contribution in [-0.4, -0.2) is 55.0 Å². The highest BCUT2D eigenvalue weighted by atomic mass is 16.7. The lowest BCUT2D eigenvalue weighted by atomic mass is 9.98. The van der Waals surface area contributed by atoms with Crippen molar-refractivity contribution in [3.05, 3.63) is 84.4 Å². The number of carbonyl (C=O) groups is 1. The molecule has 172 valence electrons. The fraction of sp³-hybridized carbons (Fsp3) is 0.400. The van der Waals surface area contributed by atoms with Gasteiger partial charge < -0.3 is 28.8 Å². The van der Waals surface area contributed by atoms with Crippen LogP contribution in [0, 0.1) is 0 Å². The lowest BCUT2D eigenvalue weighted by molar-refractivity contribution is -0.317. The Kier molecular flexibility index (Phi) is 9.40. The molecule has 0 aliphatic carbocycles. The zero-order valence-corrected chi connectivity index (χ0v) is 18.2. The Bertz CT molecular complexity index is 827. The van der Waals surface area contributed by atoms with Gasteiger partial charge in [0.25, 0.3) is 0 Å². The van der Waals surface area contributed by atoms with Crippen molar-refractivity contribution >= 4 is 5.97 Å². The summed E-state index contributed by atoms with van der Waals surface area (Å²) in [5.41, 5.74) is 1.89. The molecular weight excluding hydrogens is 412 g/mol. The average molecular weight is 443 g/mol. The van der Waals surface area contributed by atoms with E-state index in [1.54, 1.807) is 6.08 Å². The molecule has 0 saturated carbocycles. The maximum absolute atomic E-state index is 11.4. The molecule has 1 aliphatic rings. The van der Waals surface area contributed by atoms with Crippen LogP contribution >= 0.6 is 0 Å². The Morgan fingerprint density at radius 3 is 2.06 bits per heavy atom. The van der Waals surface area contributed by atoms with Crippen LogP contribution in [0.3, 0.4) is 0 Å². The Balaban J connectivity index is 1.76. The number of hydrogen-bond donors (Lipinski definition) is 1. The SMILES string of the molecule is C=CCO[C@@H]1O[C@H](COC(C)=O)[C@H](OCc2ccccc2)[C@H](O)[C@H]1OCc1ccccc1. The largest absolute Gasteiger partial charge is 0.463 e. The number of benzene rings is 2. The van der Waals surface area contributed by atoms with Gasteiger partial charge in [-0.05, 0) is 11.1 Å². The molecule has 32 heavy (non-hydrogen) atoms. The number of aliphatic hydroxyl groups is 1. The van der Waals surface area contributed by atoms with Crippen LogP contribution in [0.15, 0.2) is 73.3 Å². The summed E-state index contributed by atoms with van der Waals surface area (Å²) in [5.74, 6) is -0.448. The summed E-state index contributed by atoms with van der Waals surface area (Å²) >= 11 is 0. The first-order chi connectivity index (χ1) is 15.6. The van der Waals surface area contributed by atoms with Crippen molar-refractivity contribution in [2.45, 2.75) is 50.8 Å². The van der Waals surface area contributed by atoms with Crippen LogP contribution in [0.5, 0.6) is 0 Å². The van der Waals surface area contributed by atoms with Gasteiger partial charge >= 0.3 is 5.97 Å². The molecule has 7 heteroatoms. The molecule has 2 aromatic rings. The highest BCUT2D eigenvalue weighted by molar-refractivity contribution is 5.65. The van der Waals surface area contributed by atoms with E-state index in [2.05, 4.69) is 6.58 Å². The van der Waals surface area contributed by atoms with Gasteiger partial charge in [0, 0.05) is 6.92 Å². The number of rotatable bonds is 11. The smallest absolute Gasteiger partial charge is 0.302 e. The second kappa shape index (κ2) is 12.5. The van der Waals surface area contributed by atoms with Crippen LogP contribution < -0.4 is 0 Å². The molecule has 7 nitrogen and oxygen atoms in total. The Hall–Kier alpha value is -2.55. The Morgan fingerprint density at radius 1 is 0.969 bits per heavy atom. The summed E-state index contributed by atoms with van der Waals surface area (Å²) in [7, 11) is 0. The van der Waals surface area contributed by atoms with E-state index in [0.29, 0.717) is 0 Å². The summed E-state index contributed by atoms with van der Waals surface area (Å²) in [4.78, 5) is 11.4. The summed E-state index contributed by atoms with van der Waals surface area (Å²) in [5, 5.41) is 11.2. The first-order valence-corrected chi connectivity index (χ1v) is 10.6. The van der Waals surface area contributed by atoms with Gasteiger partial charge in [-0.2, -0.15) is 0 Å². The summed E-state index contributed by atoms with van der Waals surface area (Å²) in [6.45, 7) is 5.63. The van der Waals surface area contributed by atoms with E-state index in [-0.39, 0.29) is 26.4 Å². The highest BCUT2D eigenvalue weighted by Crippen LogP contribution is 2.28. The molecule has 1 aliphatic heterocycles. The highest BCUT2D eigenvalue weighted by Gasteiger charge is 2.47. The molecule has 0 aromatic heterocycles. The molecular formula is C25H30O7. The summed E-state index contributed by atoms with van der Waals surface area (Å²) in [6.07, 6.45) is -2.72. The second-order valence-corrected chi connectivity index (χ2v) is 7.48. The Labute approximate surface area is 188 Å². The molecule has 0 bridgehead atoms. The quantitative estimate of drug-likeness (QED) is 0.423. The molecule has 0 amide bonds. The van der Waals surface area contributed by atoms with Crippen molar-refractivity contribution in [3.63, 3.8) is 0 Å². The lowest BCUT2D eigenvalue weighted by Crippen LogP contribution is -2.61. The third kappa shape index (κ3) is 6.98. The number of carbonyl (C=O) groups excluding carboxylic acids is 1. The van der Waals surface area contributed by atoms with Crippen molar-refractivity contribution in [1.29, 1.82) is 0 Å². The predicted molar refractivity (Wildman–Crippen MR) is 117 cm³/mol. The minimum absolute atomic E-state index is 0.0782. The number of esters is 1. The molecule has 0 unspecified atom stereocenters. The van der Waals surface area contributed by atoms with E-state index in [0.717, 1.165) is 11.1 Å². The van der Waals surface area contributed by atoms with Gasteiger partial charge in [-0.1, -0.05) is 66.7 Å². The maximum atomic E-state index is 11.4. The molecule has 5 atom stereocenters. The van der Waals surface area contributed by atoms with Gasteiger partial charge in [-0.15, -0.1) is 6.58 Å². The maximum Gasteiger partial charge on any atom is 0.302 e. The van der Waals surface area contributed by atoms with E-state index in [4.69, 9.17) is 23.7 Å². The fourth-order valence-corrected chi connectivity index (χ4v) is 3.44. The molecule has 1 fully saturated rings. The molecule has 0 radical (unpaired) electrons. The lowest BCUT2D eigenvalue weighted by Gasteiger charge is -2.43. The van der Waals surface area contributed by atoms with Crippen LogP contribution in [-0.2, 0) is 41.7 Å². The first kappa shape index (κ1) is 24.1. The van der Waals surface area contributed by atoms with Gasteiger partial charge in [-0.3, -0.25) is 4.79 Å². The van der Waals surface area contributed by atoms with E-state index in [9.17, 15) is 9.90 Å². The van der Waals surface area contributed by atoms with E-state index in [1.807, 2.05) is 60.7 Å². The molecule has 1 N–H and O–H groups in total. The van der Waals surface area contributed by atoms with Gasteiger partial charge in [0.2, 0.25) is 0 Å². The normalized spacial score (nSPS) is 25.2. The minimum Gasteiger partial charge on any atom is -0.463 e. The molecule has 1 heterocycles. The molecule has 2 aromatic carbocycles. The zero-order chi connectivity index (χ0) is 22.8. The third-order valence-corrected chi connectivity index (χ3v) is 5.02. The predicted octanol–water partition coefficient (Wildman–Crippen LogP) is 3.01. The van der Waals surface area contributed by atoms with Gasteiger partial charge in [0.05, 0.1) is 19.8 Å². The van der Waals surface area contributed by atoms with E-state index < -0.39 is 36.7 Å². The van der Waals surface area contributed by atoms with Gasteiger partial charge in [0.15, 0.2) is 6.29 Å². The number of hydrogen-bond acceptors (Lipinski definition) is 7. The van der Waals surface area contributed by atoms with E-state index >= 15 is 0 Å². The van der Waals surface area contributed by atoms with Crippen LogP contribution in [0.25, 0.3) is 0 Å². The molecule has 1 saturated heterocycles. The average Bonchev–Trinajstić information content (AvgIpc) is 2.81. The zero-order valence-electron chi connectivity index (χ0n) is 18.2. The molecule has 0 spiro atoms. The Morgan fingerprint density at radius 2 is 1.53 bits per heavy atom. The van der Waals surface area contributed by atoms with Crippen LogP contribution in [0.2, 0.25) is 0 Å². The van der Waals surface area contributed by atoms with Crippen molar-refractivity contribution in [2.75, 3.05) is 13.2 Å². The number of ether oxygens (including phenoxy) is 5. The van der Waals surface area contributed by atoms with Crippen LogP contribution in [0.1, 0.15) is 18.1 Å². The topological polar surface area (TPSA) is 83.5 Å². The molecule has 3 rings (SSSR count). The van der Waals surface area contributed by atoms with Crippen LogP contribution in [0.4, 0.5) is 0 Å². The van der Waals surface area contributed by atoms with Crippen molar-refractivity contribution in [3.8, 4) is 0 Å². The standard InChI is InChI=1S/C25H30O7/c1-3-14-28-25-24(31-16-20-12-8-5-9-13-20)22(27)23(21(32-25)17-29-18(2)26)30-15-19-10-6-4-7-11-19/h3-13,21-25,27H,1,14-17H2,2H3/t21-,22+,23+,24-,25-/m1/s1. The van der Waals surface area contributed by atoms with E-state index in [1.165, 1.54) is 6.92 Å². The van der Waals surface area contributed by atoms with Crippen molar-refractivity contribution in [2.24, 2.45) is 0 Å².